The highest BCUT2D eigenvalue weighted by Gasteiger charge is 2.16. The quantitative estimate of drug-likeness (QED) is 0.634. The van der Waals surface area contributed by atoms with Crippen LogP contribution in [0, 0.1) is 5.92 Å². The molecule has 7 heteroatoms. The molecule has 0 unspecified atom stereocenters. The highest BCUT2D eigenvalue weighted by Crippen LogP contribution is 2.25. The van der Waals surface area contributed by atoms with Crippen LogP contribution >= 0.6 is 0 Å². The Bertz CT molecular complexity index is 919. The Morgan fingerprint density at radius 1 is 1.35 bits per heavy atom. The van der Waals surface area contributed by atoms with E-state index in [9.17, 15) is 9.90 Å². The predicted octanol–water partition coefficient (Wildman–Crippen LogP) is 2.78. The van der Waals surface area contributed by atoms with Crippen molar-refractivity contribution in [1.82, 2.24) is 14.4 Å². The van der Waals surface area contributed by atoms with E-state index in [0.29, 0.717) is 17.2 Å². The zero-order valence-electron chi connectivity index (χ0n) is 15.1. The first-order valence-corrected chi connectivity index (χ1v) is 8.57. The molecule has 0 aliphatic rings. The standard InChI is InChI=1S/C19H23N5O2/c1-12(2)17(11-25)23-18-19-20-7-8-24(19)10-16(22-18)14-5-4-6-15(9-14)21-13(3)26/h4-10,12,17,25H,11H2,1-3H3,(H,21,26)(H,22,23)/t17-/m0/s1. The third-order valence-electron chi connectivity index (χ3n) is 4.18. The molecule has 0 radical (unpaired) electrons. The normalized spacial score (nSPS) is 12.3. The number of carbonyl (C=O) groups is 1. The molecule has 2 heterocycles. The van der Waals surface area contributed by atoms with E-state index in [2.05, 4.69) is 15.6 Å². The molecule has 0 spiro atoms. The number of rotatable bonds is 6. The van der Waals surface area contributed by atoms with Crippen molar-refractivity contribution in [3.63, 3.8) is 0 Å². The zero-order chi connectivity index (χ0) is 18.7. The van der Waals surface area contributed by atoms with Crippen molar-refractivity contribution >= 4 is 23.1 Å². The van der Waals surface area contributed by atoms with E-state index in [-0.39, 0.29) is 24.5 Å². The van der Waals surface area contributed by atoms with Gasteiger partial charge in [-0.05, 0) is 18.1 Å². The van der Waals surface area contributed by atoms with Gasteiger partial charge in [-0.15, -0.1) is 0 Å². The Labute approximate surface area is 152 Å². The van der Waals surface area contributed by atoms with Crippen LogP contribution in [-0.4, -0.2) is 38.0 Å². The number of anilines is 2. The van der Waals surface area contributed by atoms with Gasteiger partial charge in [-0.2, -0.15) is 0 Å². The molecule has 3 aromatic rings. The summed E-state index contributed by atoms with van der Waals surface area (Å²) in [5.74, 6) is 0.735. The largest absolute Gasteiger partial charge is 0.394 e. The molecule has 1 amide bonds. The second kappa shape index (κ2) is 7.53. The van der Waals surface area contributed by atoms with Crippen molar-refractivity contribution in [3.8, 4) is 11.3 Å². The maximum absolute atomic E-state index is 11.3. The number of aliphatic hydroxyl groups excluding tert-OH is 1. The summed E-state index contributed by atoms with van der Waals surface area (Å²) in [7, 11) is 0. The number of amides is 1. The summed E-state index contributed by atoms with van der Waals surface area (Å²) < 4.78 is 1.89. The van der Waals surface area contributed by atoms with Gasteiger partial charge in [0.1, 0.15) is 0 Å². The number of benzene rings is 1. The van der Waals surface area contributed by atoms with Crippen LogP contribution in [-0.2, 0) is 4.79 Å². The third-order valence-corrected chi connectivity index (χ3v) is 4.18. The summed E-state index contributed by atoms with van der Waals surface area (Å²) >= 11 is 0. The molecule has 26 heavy (non-hydrogen) atoms. The van der Waals surface area contributed by atoms with Gasteiger partial charge in [0.25, 0.3) is 0 Å². The first-order valence-electron chi connectivity index (χ1n) is 8.57. The number of carbonyl (C=O) groups excluding carboxylic acids is 1. The molecule has 136 valence electrons. The smallest absolute Gasteiger partial charge is 0.221 e. The van der Waals surface area contributed by atoms with Crippen molar-refractivity contribution in [2.24, 2.45) is 5.92 Å². The number of imidazole rings is 1. The van der Waals surface area contributed by atoms with Crippen molar-refractivity contribution in [2.75, 3.05) is 17.2 Å². The number of aromatic nitrogens is 3. The third kappa shape index (κ3) is 3.83. The minimum atomic E-state index is -0.121. The van der Waals surface area contributed by atoms with Crippen molar-refractivity contribution in [1.29, 1.82) is 0 Å². The molecule has 7 nitrogen and oxygen atoms in total. The van der Waals surface area contributed by atoms with Gasteiger partial charge in [-0.3, -0.25) is 4.79 Å². The van der Waals surface area contributed by atoms with E-state index in [0.717, 1.165) is 11.3 Å². The maximum atomic E-state index is 11.3. The Balaban J connectivity index is 2.03. The van der Waals surface area contributed by atoms with Gasteiger partial charge < -0.3 is 20.1 Å². The molecule has 0 saturated carbocycles. The minimum Gasteiger partial charge on any atom is -0.394 e. The van der Waals surface area contributed by atoms with E-state index in [1.54, 1.807) is 6.20 Å². The number of nitrogens with zero attached hydrogens (tertiary/aromatic N) is 3. The number of fused-ring (bicyclic) bond motifs is 1. The lowest BCUT2D eigenvalue weighted by Gasteiger charge is -2.21. The molecule has 2 aromatic heterocycles. The van der Waals surface area contributed by atoms with Gasteiger partial charge in [0.15, 0.2) is 11.5 Å². The molecular formula is C19H23N5O2. The van der Waals surface area contributed by atoms with E-state index in [1.165, 1.54) is 6.92 Å². The molecule has 1 aromatic carbocycles. The summed E-state index contributed by atoms with van der Waals surface area (Å²) in [6, 6.07) is 7.40. The summed E-state index contributed by atoms with van der Waals surface area (Å²) in [5, 5.41) is 15.7. The van der Waals surface area contributed by atoms with Gasteiger partial charge in [0.05, 0.1) is 18.3 Å². The number of aliphatic hydroxyl groups is 1. The second-order valence-corrected chi connectivity index (χ2v) is 6.57. The van der Waals surface area contributed by atoms with Gasteiger partial charge in [-0.1, -0.05) is 26.0 Å². The number of nitrogens with one attached hydrogen (secondary N) is 2. The Morgan fingerprint density at radius 3 is 2.85 bits per heavy atom. The van der Waals surface area contributed by atoms with E-state index < -0.39 is 0 Å². The van der Waals surface area contributed by atoms with Crippen LogP contribution in [0.5, 0.6) is 0 Å². The van der Waals surface area contributed by atoms with Gasteiger partial charge >= 0.3 is 0 Å². The molecule has 0 saturated heterocycles. The Kier molecular flexibility index (Phi) is 5.18. The summed E-state index contributed by atoms with van der Waals surface area (Å²) in [6.07, 6.45) is 5.46. The van der Waals surface area contributed by atoms with Crippen LogP contribution in [0.25, 0.3) is 16.9 Å². The van der Waals surface area contributed by atoms with E-state index in [4.69, 9.17) is 4.98 Å². The fraction of sp³-hybridized carbons (Fsp3) is 0.316. The van der Waals surface area contributed by atoms with Crippen molar-refractivity contribution in [3.05, 3.63) is 42.9 Å². The molecule has 0 bridgehead atoms. The zero-order valence-corrected chi connectivity index (χ0v) is 15.1. The first kappa shape index (κ1) is 17.9. The topological polar surface area (TPSA) is 91.6 Å². The number of hydrogen-bond acceptors (Lipinski definition) is 5. The molecule has 0 aliphatic heterocycles. The van der Waals surface area contributed by atoms with Crippen LogP contribution in [0.1, 0.15) is 20.8 Å². The van der Waals surface area contributed by atoms with Gasteiger partial charge in [-0.25, -0.2) is 9.97 Å². The number of hydrogen-bond donors (Lipinski definition) is 3. The van der Waals surface area contributed by atoms with E-state index >= 15 is 0 Å². The lowest BCUT2D eigenvalue weighted by molar-refractivity contribution is -0.114. The van der Waals surface area contributed by atoms with E-state index in [1.807, 2.05) is 54.9 Å². The molecule has 3 rings (SSSR count). The van der Waals surface area contributed by atoms with Gasteiger partial charge in [0, 0.05) is 36.8 Å². The van der Waals surface area contributed by atoms with Crippen LogP contribution in [0.4, 0.5) is 11.5 Å². The Hall–Kier alpha value is -2.93. The molecule has 0 fully saturated rings. The average molecular weight is 353 g/mol. The molecular weight excluding hydrogens is 330 g/mol. The van der Waals surface area contributed by atoms with Crippen LogP contribution in [0.15, 0.2) is 42.9 Å². The molecule has 0 aliphatic carbocycles. The molecule has 3 N–H and O–H groups in total. The highest BCUT2D eigenvalue weighted by molar-refractivity contribution is 5.89. The molecule has 1 atom stereocenters. The Morgan fingerprint density at radius 2 is 2.15 bits per heavy atom. The first-order chi connectivity index (χ1) is 12.5. The van der Waals surface area contributed by atoms with Gasteiger partial charge in [0.2, 0.25) is 5.91 Å². The van der Waals surface area contributed by atoms with Crippen LogP contribution in [0.3, 0.4) is 0 Å². The fourth-order valence-electron chi connectivity index (χ4n) is 2.73. The monoisotopic (exact) mass is 353 g/mol. The highest BCUT2D eigenvalue weighted by atomic mass is 16.3. The summed E-state index contributed by atoms with van der Waals surface area (Å²) in [4.78, 5) is 20.4. The lowest BCUT2D eigenvalue weighted by Crippen LogP contribution is -2.30. The van der Waals surface area contributed by atoms with Crippen molar-refractivity contribution in [2.45, 2.75) is 26.8 Å². The average Bonchev–Trinajstić information content (AvgIpc) is 3.07. The SMILES string of the molecule is CC(=O)Nc1cccc(-c2cn3ccnc3c(N[C@@H](CO)C(C)C)n2)c1. The summed E-state index contributed by atoms with van der Waals surface area (Å²) in [5.41, 5.74) is 3.03. The second-order valence-electron chi connectivity index (χ2n) is 6.57. The summed E-state index contributed by atoms with van der Waals surface area (Å²) in [6.45, 7) is 5.56. The lowest BCUT2D eigenvalue weighted by atomic mass is 10.1. The predicted molar refractivity (Wildman–Crippen MR) is 102 cm³/mol. The maximum Gasteiger partial charge on any atom is 0.221 e. The van der Waals surface area contributed by atoms with Crippen LogP contribution < -0.4 is 10.6 Å². The van der Waals surface area contributed by atoms with Crippen LogP contribution in [0.2, 0.25) is 0 Å². The minimum absolute atomic E-state index is 0.00839. The van der Waals surface area contributed by atoms with Crippen molar-refractivity contribution < 1.29 is 9.90 Å². The fourth-order valence-corrected chi connectivity index (χ4v) is 2.73.